The summed E-state index contributed by atoms with van der Waals surface area (Å²) in [5.41, 5.74) is 0.0586. The molecule has 10 heteroatoms. The second kappa shape index (κ2) is 6.87. The summed E-state index contributed by atoms with van der Waals surface area (Å²) >= 11 is 3.20. The van der Waals surface area contributed by atoms with Gasteiger partial charge in [-0.25, -0.2) is 9.67 Å². The van der Waals surface area contributed by atoms with E-state index in [-0.39, 0.29) is 17.5 Å². The number of carbonyl (C=O) groups is 1. The molecule has 0 amide bonds. The van der Waals surface area contributed by atoms with Crippen LogP contribution in [-0.2, 0) is 6.18 Å². The van der Waals surface area contributed by atoms with E-state index in [4.69, 9.17) is 0 Å². The van der Waals surface area contributed by atoms with Crippen molar-refractivity contribution < 1.29 is 18.0 Å². The van der Waals surface area contributed by atoms with Crippen LogP contribution in [0.1, 0.15) is 23.0 Å². The summed E-state index contributed by atoms with van der Waals surface area (Å²) in [6.07, 6.45) is -1.98. The largest absolute Gasteiger partial charge is 0.435 e. The van der Waals surface area contributed by atoms with Gasteiger partial charge in [0.15, 0.2) is 17.3 Å². The van der Waals surface area contributed by atoms with Gasteiger partial charge >= 0.3 is 6.18 Å². The Labute approximate surface area is 154 Å². The van der Waals surface area contributed by atoms with Gasteiger partial charge < -0.3 is 5.32 Å². The monoisotopic (exact) mass is 425 g/mol. The summed E-state index contributed by atoms with van der Waals surface area (Å²) in [6, 6.07) is 7.57. The van der Waals surface area contributed by atoms with Crippen molar-refractivity contribution in [3.63, 3.8) is 0 Å². The molecular formula is C16H11BrF3N5O. The first-order valence-corrected chi connectivity index (χ1v) is 8.07. The molecule has 0 aliphatic carbocycles. The number of carbonyl (C=O) groups excluding carboxylic acids is 1. The quantitative estimate of drug-likeness (QED) is 0.627. The van der Waals surface area contributed by atoms with Crippen molar-refractivity contribution in [1.29, 1.82) is 0 Å². The van der Waals surface area contributed by atoms with Crippen molar-refractivity contribution in [3.8, 4) is 5.82 Å². The number of anilines is 2. The summed E-state index contributed by atoms with van der Waals surface area (Å²) in [5.74, 6) is 0.191. The van der Waals surface area contributed by atoms with Gasteiger partial charge in [-0.3, -0.25) is 4.79 Å². The van der Waals surface area contributed by atoms with E-state index in [0.29, 0.717) is 15.7 Å². The number of hydrogen-bond donors (Lipinski definition) is 1. The molecule has 0 fully saturated rings. The molecule has 0 bridgehead atoms. The number of nitrogens with one attached hydrogen (secondary N) is 1. The van der Waals surface area contributed by atoms with Gasteiger partial charge in [0.2, 0.25) is 5.95 Å². The van der Waals surface area contributed by atoms with E-state index in [1.807, 2.05) is 0 Å². The first-order valence-electron chi connectivity index (χ1n) is 7.28. The average Bonchev–Trinajstić information content (AvgIpc) is 3.07. The number of benzene rings is 1. The smallest absolute Gasteiger partial charge is 0.324 e. The van der Waals surface area contributed by atoms with Crippen LogP contribution in [0, 0.1) is 0 Å². The van der Waals surface area contributed by atoms with Crippen LogP contribution in [0.15, 0.2) is 47.2 Å². The summed E-state index contributed by atoms with van der Waals surface area (Å²) in [4.78, 5) is 19.7. The van der Waals surface area contributed by atoms with Gasteiger partial charge in [0, 0.05) is 23.6 Å². The Morgan fingerprint density at radius 2 is 2.04 bits per heavy atom. The summed E-state index contributed by atoms with van der Waals surface area (Å²) < 4.78 is 39.6. The Morgan fingerprint density at radius 3 is 2.69 bits per heavy atom. The van der Waals surface area contributed by atoms with E-state index in [1.54, 1.807) is 24.3 Å². The Hall–Kier alpha value is -2.75. The summed E-state index contributed by atoms with van der Waals surface area (Å²) in [7, 11) is 0. The van der Waals surface area contributed by atoms with Crippen LogP contribution in [0.25, 0.3) is 5.82 Å². The zero-order chi connectivity index (χ0) is 18.9. The predicted molar refractivity (Wildman–Crippen MR) is 91.6 cm³/mol. The Balaban J connectivity index is 1.92. The molecule has 1 aromatic carbocycles. The van der Waals surface area contributed by atoms with Gasteiger partial charge in [0.05, 0.1) is 4.47 Å². The zero-order valence-corrected chi connectivity index (χ0v) is 14.8. The third-order valence-electron chi connectivity index (χ3n) is 3.35. The Kier molecular flexibility index (Phi) is 4.77. The van der Waals surface area contributed by atoms with Gasteiger partial charge in [-0.2, -0.15) is 23.3 Å². The molecule has 6 nitrogen and oxygen atoms in total. The first-order chi connectivity index (χ1) is 12.2. The van der Waals surface area contributed by atoms with Gasteiger partial charge in [-0.05, 0) is 41.1 Å². The second-order valence-corrected chi connectivity index (χ2v) is 6.12. The highest BCUT2D eigenvalue weighted by atomic mass is 79.9. The average molecular weight is 426 g/mol. The molecule has 0 atom stereocenters. The van der Waals surface area contributed by atoms with Crippen LogP contribution in [0.4, 0.5) is 24.8 Å². The lowest BCUT2D eigenvalue weighted by atomic mass is 10.1. The highest BCUT2D eigenvalue weighted by Crippen LogP contribution is 2.29. The van der Waals surface area contributed by atoms with Gasteiger partial charge in [0.1, 0.15) is 0 Å². The van der Waals surface area contributed by atoms with Crippen molar-refractivity contribution in [1.82, 2.24) is 19.7 Å². The van der Waals surface area contributed by atoms with E-state index in [1.165, 1.54) is 13.1 Å². The maximum Gasteiger partial charge on any atom is 0.435 e. The molecule has 3 rings (SSSR count). The third kappa shape index (κ3) is 3.90. The van der Waals surface area contributed by atoms with Crippen molar-refractivity contribution in [2.45, 2.75) is 13.1 Å². The molecule has 0 aliphatic heterocycles. The maximum atomic E-state index is 12.7. The van der Waals surface area contributed by atoms with Crippen LogP contribution in [0.3, 0.4) is 0 Å². The highest BCUT2D eigenvalue weighted by Gasteiger charge is 2.33. The fourth-order valence-corrected chi connectivity index (χ4v) is 2.49. The van der Waals surface area contributed by atoms with Gasteiger partial charge in [0.25, 0.3) is 0 Å². The number of ketones is 1. The molecule has 0 saturated heterocycles. The lowest BCUT2D eigenvalue weighted by molar-refractivity contribution is -0.141. The van der Waals surface area contributed by atoms with Gasteiger partial charge in [-0.15, -0.1) is 0 Å². The van der Waals surface area contributed by atoms with Crippen LogP contribution in [0.5, 0.6) is 0 Å². The van der Waals surface area contributed by atoms with Crippen LogP contribution in [0.2, 0.25) is 0 Å². The number of nitrogens with zero attached hydrogens (tertiary/aromatic N) is 4. The van der Waals surface area contributed by atoms with E-state index in [2.05, 4.69) is 36.3 Å². The molecule has 26 heavy (non-hydrogen) atoms. The Morgan fingerprint density at radius 1 is 1.27 bits per heavy atom. The fourth-order valence-electron chi connectivity index (χ4n) is 2.12. The second-order valence-electron chi connectivity index (χ2n) is 5.27. The van der Waals surface area contributed by atoms with Crippen LogP contribution >= 0.6 is 15.9 Å². The van der Waals surface area contributed by atoms with E-state index >= 15 is 0 Å². The van der Waals surface area contributed by atoms with E-state index in [0.717, 1.165) is 16.9 Å². The van der Waals surface area contributed by atoms with Crippen molar-refractivity contribution >= 4 is 33.3 Å². The molecule has 0 radical (unpaired) electrons. The third-order valence-corrected chi connectivity index (χ3v) is 3.91. The summed E-state index contributed by atoms with van der Waals surface area (Å²) in [6.45, 7) is 1.45. The van der Waals surface area contributed by atoms with Crippen LogP contribution in [-0.4, -0.2) is 25.5 Å². The minimum Gasteiger partial charge on any atom is -0.324 e. The standard InChI is InChI=1S/C16H11BrF3N5O/c1-9(26)10-3-2-4-11(7-10)22-15-21-8-12(17)14(23-15)25-6-5-13(24-25)16(18,19)20/h2-8H,1H3,(H,21,22,23). The van der Waals surface area contributed by atoms with Crippen molar-refractivity contribution in [2.75, 3.05) is 5.32 Å². The zero-order valence-electron chi connectivity index (χ0n) is 13.3. The van der Waals surface area contributed by atoms with Crippen LogP contribution < -0.4 is 5.32 Å². The molecule has 0 saturated carbocycles. The predicted octanol–water partition coefficient (Wildman–Crippen LogP) is 4.39. The van der Waals surface area contributed by atoms with E-state index < -0.39 is 11.9 Å². The molecule has 134 valence electrons. The molecule has 0 spiro atoms. The summed E-state index contributed by atoms with van der Waals surface area (Å²) in [5, 5.41) is 6.41. The van der Waals surface area contributed by atoms with Crippen molar-refractivity contribution in [2.24, 2.45) is 0 Å². The number of hydrogen-bond acceptors (Lipinski definition) is 5. The van der Waals surface area contributed by atoms with E-state index in [9.17, 15) is 18.0 Å². The molecule has 0 aliphatic rings. The molecule has 2 aromatic heterocycles. The maximum absolute atomic E-state index is 12.7. The number of rotatable bonds is 4. The van der Waals surface area contributed by atoms with Gasteiger partial charge in [-0.1, -0.05) is 12.1 Å². The van der Waals surface area contributed by atoms with Crippen molar-refractivity contribution in [3.05, 3.63) is 58.5 Å². The first kappa shape index (κ1) is 18.1. The fraction of sp³-hybridized carbons (Fsp3) is 0.125. The molecule has 1 N–H and O–H groups in total. The number of halogens is 4. The SMILES string of the molecule is CC(=O)c1cccc(Nc2ncc(Br)c(-n3ccc(C(F)(F)F)n3)n2)c1. The lowest BCUT2D eigenvalue weighted by Gasteiger charge is -2.09. The number of aromatic nitrogens is 4. The molecule has 2 heterocycles. The number of alkyl halides is 3. The molecular weight excluding hydrogens is 415 g/mol. The topological polar surface area (TPSA) is 72.7 Å². The Bertz CT molecular complexity index is 971. The normalized spacial score (nSPS) is 11.4. The lowest BCUT2D eigenvalue weighted by Crippen LogP contribution is -2.09. The molecule has 0 unspecified atom stereocenters. The minimum absolute atomic E-state index is 0.0951. The minimum atomic E-state index is -4.54. The highest BCUT2D eigenvalue weighted by molar-refractivity contribution is 9.10. The number of Topliss-reactive ketones (excluding diaryl/α,β-unsaturated/α-hetero) is 1. The molecule has 3 aromatic rings.